The Morgan fingerprint density at radius 2 is 1.75 bits per heavy atom. The van der Waals surface area contributed by atoms with Gasteiger partial charge in [0, 0.05) is 15.8 Å². The number of rotatable bonds is 4. The summed E-state index contributed by atoms with van der Waals surface area (Å²) in [4.78, 5) is 26.6. The molecule has 0 saturated carbocycles. The molecule has 0 spiro atoms. The number of nitrogens with one attached hydrogen (secondary N) is 1. The third-order valence-corrected chi connectivity index (χ3v) is 6.79. The molecule has 164 valence electrons. The Bertz CT molecular complexity index is 1170. The van der Waals surface area contributed by atoms with Crippen LogP contribution in [0.15, 0.2) is 77.3 Å². The lowest BCUT2D eigenvalue weighted by molar-refractivity contribution is -0.137. The number of anilines is 2. The van der Waals surface area contributed by atoms with Crippen LogP contribution in [0.2, 0.25) is 0 Å². The number of benzene rings is 3. The highest BCUT2D eigenvalue weighted by molar-refractivity contribution is 9.10. The van der Waals surface area contributed by atoms with E-state index in [1.54, 1.807) is 36.4 Å². The van der Waals surface area contributed by atoms with E-state index in [9.17, 15) is 22.8 Å². The monoisotopic (exact) mass is 520 g/mol. The van der Waals surface area contributed by atoms with E-state index in [-0.39, 0.29) is 17.6 Å². The van der Waals surface area contributed by atoms with Gasteiger partial charge in [0.05, 0.1) is 16.9 Å². The van der Waals surface area contributed by atoms with Gasteiger partial charge in [0.1, 0.15) is 5.37 Å². The molecule has 0 bridgehead atoms. The van der Waals surface area contributed by atoms with E-state index in [4.69, 9.17) is 0 Å². The number of hydrogen-bond acceptors (Lipinski definition) is 3. The van der Waals surface area contributed by atoms with Gasteiger partial charge in [-0.1, -0.05) is 24.3 Å². The molecule has 3 aromatic carbocycles. The van der Waals surface area contributed by atoms with Crippen molar-refractivity contribution in [1.29, 1.82) is 0 Å². The summed E-state index contributed by atoms with van der Waals surface area (Å²) in [6.07, 6.45) is -4.44. The van der Waals surface area contributed by atoms with Crippen molar-refractivity contribution in [3.63, 3.8) is 0 Å². The number of halogens is 4. The lowest BCUT2D eigenvalue weighted by atomic mass is 10.1. The highest BCUT2D eigenvalue weighted by atomic mass is 79.9. The third-order valence-electron chi connectivity index (χ3n) is 4.89. The number of hydrogen-bond donors (Lipinski definition) is 1. The van der Waals surface area contributed by atoms with E-state index in [0.29, 0.717) is 21.4 Å². The number of carbonyl (C=O) groups is 2. The second-order valence-corrected chi connectivity index (χ2v) is 8.95. The van der Waals surface area contributed by atoms with Crippen molar-refractivity contribution >= 4 is 50.9 Å². The smallest absolute Gasteiger partial charge is 0.322 e. The van der Waals surface area contributed by atoms with Crippen molar-refractivity contribution in [2.45, 2.75) is 11.6 Å². The summed E-state index contributed by atoms with van der Waals surface area (Å²) in [5.74, 6) is -0.272. The van der Waals surface area contributed by atoms with Gasteiger partial charge < -0.3 is 5.32 Å². The van der Waals surface area contributed by atoms with E-state index < -0.39 is 17.1 Å². The lowest BCUT2D eigenvalue weighted by Gasteiger charge is -2.25. The maximum absolute atomic E-state index is 12.9. The molecule has 1 saturated heterocycles. The van der Waals surface area contributed by atoms with Crippen LogP contribution in [-0.4, -0.2) is 17.6 Å². The molecule has 4 nitrogen and oxygen atoms in total. The molecule has 1 unspecified atom stereocenters. The Hall–Kier alpha value is -2.78. The van der Waals surface area contributed by atoms with Crippen molar-refractivity contribution in [3.05, 3.63) is 94.0 Å². The molecule has 2 amide bonds. The number of thioether (sulfide) groups is 1. The Morgan fingerprint density at radius 3 is 2.44 bits per heavy atom. The maximum atomic E-state index is 12.9. The summed E-state index contributed by atoms with van der Waals surface area (Å²) in [6.45, 7) is 0. The second kappa shape index (κ2) is 8.99. The van der Waals surface area contributed by atoms with Gasteiger partial charge >= 0.3 is 6.18 Å². The van der Waals surface area contributed by atoms with Gasteiger partial charge in [0.2, 0.25) is 5.91 Å². The van der Waals surface area contributed by atoms with Crippen LogP contribution in [0.3, 0.4) is 0 Å². The third kappa shape index (κ3) is 4.68. The van der Waals surface area contributed by atoms with Gasteiger partial charge in [-0.05, 0) is 70.0 Å². The van der Waals surface area contributed by atoms with Gasteiger partial charge in [0.25, 0.3) is 5.91 Å². The van der Waals surface area contributed by atoms with Gasteiger partial charge in [-0.3, -0.25) is 14.5 Å². The summed E-state index contributed by atoms with van der Waals surface area (Å²) in [7, 11) is 0. The molecule has 32 heavy (non-hydrogen) atoms. The van der Waals surface area contributed by atoms with Crippen LogP contribution in [0.5, 0.6) is 0 Å². The highest BCUT2D eigenvalue weighted by Crippen LogP contribution is 2.43. The summed E-state index contributed by atoms with van der Waals surface area (Å²) in [5.41, 5.74) is 1.41. The minimum Gasteiger partial charge on any atom is -0.322 e. The van der Waals surface area contributed by atoms with Crippen LogP contribution in [0.1, 0.15) is 26.9 Å². The van der Waals surface area contributed by atoms with E-state index in [1.807, 2.05) is 12.1 Å². The average Bonchev–Trinajstić information content (AvgIpc) is 3.15. The van der Waals surface area contributed by atoms with Gasteiger partial charge in [-0.15, -0.1) is 11.8 Å². The predicted molar refractivity (Wildman–Crippen MR) is 123 cm³/mol. The standard InChI is InChI=1S/C23H16BrF3N2O2S/c24-19-7-2-1-6-18(19)21(31)28-16-5-3-4-14(12-16)22-29(20(30)13-32-22)17-10-8-15(9-11-17)23(25,26)27/h1-12,22H,13H2,(H,28,31). The van der Waals surface area contributed by atoms with Crippen LogP contribution in [0, 0.1) is 0 Å². The number of carbonyl (C=O) groups excluding carboxylic acids is 2. The van der Waals surface area contributed by atoms with Gasteiger partial charge in [0.15, 0.2) is 0 Å². The Labute approximate surface area is 194 Å². The van der Waals surface area contributed by atoms with E-state index in [1.165, 1.54) is 28.8 Å². The minimum atomic E-state index is -4.44. The van der Waals surface area contributed by atoms with Crippen molar-refractivity contribution in [1.82, 2.24) is 0 Å². The van der Waals surface area contributed by atoms with Crippen LogP contribution >= 0.6 is 27.7 Å². The molecule has 4 rings (SSSR count). The quantitative estimate of drug-likeness (QED) is 0.427. The fourth-order valence-electron chi connectivity index (χ4n) is 3.37. The van der Waals surface area contributed by atoms with Crippen molar-refractivity contribution in [2.24, 2.45) is 0 Å². The molecular formula is C23H16BrF3N2O2S. The molecule has 1 N–H and O–H groups in total. The zero-order valence-electron chi connectivity index (χ0n) is 16.4. The molecule has 1 atom stereocenters. The fraction of sp³-hybridized carbons (Fsp3) is 0.130. The van der Waals surface area contributed by atoms with Crippen LogP contribution < -0.4 is 10.2 Å². The molecule has 9 heteroatoms. The molecule has 1 aliphatic heterocycles. The zero-order valence-corrected chi connectivity index (χ0v) is 18.8. The van der Waals surface area contributed by atoms with E-state index in [2.05, 4.69) is 21.2 Å². The Balaban J connectivity index is 1.58. The molecule has 1 aliphatic rings. The molecule has 0 radical (unpaired) electrons. The van der Waals surface area contributed by atoms with Crippen molar-refractivity contribution in [2.75, 3.05) is 16.0 Å². The Morgan fingerprint density at radius 1 is 1.03 bits per heavy atom. The summed E-state index contributed by atoms with van der Waals surface area (Å²) in [6, 6.07) is 18.7. The van der Waals surface area contributed by atoms with Crippen LogP contribution in [0.4, 0.5) is 24.5 Å². The van der Waals surface area contributed by atoms with Crippen LogP contribution in [0.25, 0.3) is 0 Å². The molecule has 1 heterocycles. The number of alkyl halides is 3. The predicted octanol–water partition coefficient (Wildman–Crippen LogP) is 6.50. The van der Waals surface area contributed by atoms with Gasteiger partial charge in [-0.25, -0.2) is 0 Å². The lowest BCUT2D eigenvalue weighted by Crippen LogP contribution is -2.28. The van der Waals surface area contributed by atoms with Crippen molar-refractivity contribution in [3.8, 4) is 0 Å². The summed E-state index contributed by atoms with van der Waals surface area (Å²) >= 11 is 4.73. The van der Waals surface area contributed by atoms with E-state index >= 15 is 0 Å². The molecule has 3 aromatic rings. The first-order valence-corrected chi connectivity index (χ1v) is 11.3. The van der Waals surface area contributed by atoms with E-state index in [0.717, 1.165) is 17.7 Å². The first-order chi connectivity index (χ1) is 15.2. The average molecular weight is 521 g/mol. The fourth-order valence-corrected chi connectivity index (χ4v) is 5.01. The Kier molecular flexibility index (Phi) is 6.30. The molecule has 1 fully saturated rings. The molecular weight excluding hydrogens is 505 g/mol. The first-order valence-electron chi connectivity index (χ1n) is 9.51. The SMILES string of the molecule is O=C(Nc1cccc(C2SCC(=O)N2c2ccc(C(F)(F)F)cc2)c1)c1ccccc1Br. The summed E-state index contributed by atoms with van der Waals surface area (Å²) in [5, 5.41) is 2.43. The largest absolute Gasteiger partial charge is 0.416 e. The molecule has 0 aromatic heterocycles. The summed E-state index contributed by atoms with van der Waals surface area (Å²) < 4.78 is 39.3. The zero-order chi connectivity index (χ0) is 22.9. The topological polar surface area (TPSA) is 49.4 Å². The van der Waals surface area contributed by atoms with Crippen LogP contribution in [-0.2, 0) is 11.0 Å². The second-order valence-electron chi connectivity index (χ2n) is 7.03. The maximum Gasteiger partial charge on any atom is 0.416 e. The highest BCUT2D eigenvalue weighted by Gasteiger charge is 2.35. The van der Waals surface area contributed by atoms with Gasteiger partial charge in [-0.2, -0.15) is 13.2 Å². The van der Waals surface area contributed by atoms with Crippen molar-refractivity contribution < 1.29 is 22.8 Å². The number of amides is 2. The first kappa shape index (κ1) is 22.4. The molecule has 0 aliphatic carbocycles. The number of nitrogens with zero attached hydrogens (tertiary/aromatic N) is 1. The normalized spacial score (nSPS) is 16.3. The minimum absolute atomic E-state index is 0.192.